The summed E-state index contributed by atoms with van der Waals surface area (Å²) < 4.78 is 10.5. The average Bonchev–Trinajstić information content (AvgIpc) is 2.54. The van der Waals surface area contributed by atoms with Crippen molar-refractivity contribution in [3.05, 3.63) is 42.1 Å². The summed E-state index contributed by atoms with van der Waals surface area (Å²) in [7, 11) is 1.45. The average molecular weight is 345 g/mol. The van der Waals surface area contributed by atoms with Crippen LogP contribution in [0.25, 0.3) is 0 Å². The minimum Gasteiger partial charge on any atom is -0.481 e. The fourth-order valence-electron chi connectivity index (χ4n) is 1.92. The molecule has 1 aromatic heterocycles. The number of benzene rings is 1. The molecule has 8 heteroatoms. The maximum atomic E-state index is 12.6. The van der Waals surface area contributed by atoms with Crippen LogP contribution in [0.3, 0.4) is 0 Å². The summed E-state index contributed by atoms with van der Waals surface area (Å²) in [6, 6.07) is 7.28. The van der Waals surface area contributed by atoms with E-state index in [0.29, 0.717) is 5.69 Å². The van der Waals surface area contributed by atoms with E-state index in [1.54, 1.807) is 26.8 Å². The van der Waals surface area contributed by atoms with Crippen molar-refractivity contribution in [1.29, 1.82) is 0 Å². The molecule has 0 saturated heterocycles. The maximum absolute atomic E-state index is 12.6. The molecule has 1 N–H and O–H groups in total. The first kappa shape index (κ1) is 18.2. The van der Waals surface area contributed by atoms with Crippen molar-refractivity contribution in [1.82, 2.24) is 9.97 Å². The Bertz CT molecular complexity index is 769. The second-order valence-corrected chi connectivity index (χ2v) is 6.07. The van der Waals surface area contributed by atoms with Crippen LogP contribution in [0.1, 0.15) is 31.1 Å². The zero-order valence-electron chi connectivity index (χ0n) is 14.4. The molecule has 1 aromatic carbocycles. The Hall–Kier alpha value is -3.16. The van der Waals surface area contributed by atoms with E-state index < -0.39 is 17.7 Å². The number of aromatic nitrogens is 2. The van der Waals surface area contributed by atoms with Gasteiger partial charge in [-0.3, -0.25) is 0 Å². The molecule has 0 fully saturated rings. The number of carboxylic acids is 1. The van der Waals surface area contributed by atoms with E-state index in [2.05, 4.69) is 9.97 Å². The molecule has 0 aliphatic heterocycles. The van der Waals surface area contributed by atoms with E-state index in [1.807, 2.05) is 0 Å². The first-order valence-corrected chi connectivity index (χ1v) is 7.45. The SMILES string of the molecule is COc1ccnc(N(C(=O)OC(C)(C)C)c2ccc(C(=O)O)cc2)n1. The Kier molecular flexibility index (Phi) is 5.21. The van der Waals surface area contributed by atoms with E-state index in [1.165, 1.54) is 37.6 Å². The number of anilines is 2. The lowest BCUT2D eigenvalue weighted by Crippen LogP contribution is -2.34. The van der Waals surface area contributed by atoms with Crippen LogP contribution < -0.4 is 9.64 Å². The minimum atomic E-state index is -1.06. The number of aromatic carboxylic acids is 1. The Morgan fingerprint density at radius 2 is 1.76 bits per heavy atom. The van der Waals surface area contributed by atoms with Gasteiger partial charge in [-0.15, -0.1) is 0 Å². The van der Waals surface area contributed by atoms with Crippen molar-refractivity contribution in [3.8, 4) is 5.88 Å². The third-order valence-electron chi connectivity index (χ3n) is 2.97. The highest BCUT2D eigenvalue weighted by Gasteiger charge is 2.27. The molecule has 0 atom stereocenters. The summed E-state index contributed by atoms with van der Waals surface area (Å²) in [5.41, 5.74) is -0.262. The number of carbonyl (C=O) groups is 2. The number of hydrogen-bond donors (Lipinski definition) is 1. The fourth-order valence-corrected chi connectivity index (χ4v) is 1.92. The Morgan fingerprint density at radius 1 is 1.12 bits per heavy atom. The maximum Gasteiger partial charge on any atom is 0.421 e. The number of hydrogen-bond acceptors (Lipinski definition) is 6. The Labute approximate surface area is 145 Å². The number of carbonyl (C=O) groups excluding carboxylic acids is 1. The first-order valence-electron chi connectivity index (χ1n) is 7.45. The molecule has 0 radical (unpaired) electrons. The molecule has 132 valence electrons. The van der Waals surface area contributed by atoms with Gasteiger partial charge < -0.3 is 14.6 Å². The van der Waals surface area contributed by atoms with Crippen molar-refractivity contribution in [2.75, 3.05) is 12.0 Å². The monoisotopic (exact) mass is 345 g/mol. The predicted octanol–water partition coefficient (Wildman–Crippen LogP) is 3.26. The molecule has 1 amide bonds. The molecule has 0 unspecified atom stereocenters. The van der Waals surface area contributed by atoms with Crippen LogP contribution in [0.2, 0.25) is 0 Å². The summed E-state index contributed by atoms with van der Waals surface area (Å²) in [4.78, 5) is 33.0. The van der Waals surface area contributed by atoms with Crippen molar-refractivity contribution >= 4 is 23.7 Å². The van der Waals surface area contributed by atoms with Crippen LogP contribution in [0.15, 0.2) is 36.5 Å². The Balaban J connectivity index is 2.47. The summed E-state index contributed by atoms with van der Waals surface area (Å²) in [5.74, 6) is -0.731. The zero-order valence-corrected chi connectivity index (χ0v) is 14.4. The highest BCUT2D eigenvalue weighted by atomic mass is 16.6. The molecule has 2 rings (SSSR count). The number of methoxy groups -OCH3 is 1. The largest absolute Gasteiger partial charge is 0.481 e. The lowest BCUT2D eigenvalue weighted by atomic mass is 10.2. The summed E-state index contributed by atoms with van der Waals surface area (Å²) in [5, 5.41) is 9.02. The van der Waals surface area contributed by atoms with E-state index >= 15 is 0 Å². The van der Waals surface area contributed by atoms with Gasteiger partial charge in [0, 0.05) is 12.3 Å². The number of amides is 1. The van der Waals surface area contributed by atoms with Crippen molar-refractivity contribution in [3.63, 3.8) is 0 Å². The van der Waals surface area contributed by atoms with E-state index in [4.69, 9.17) is 14.6 Å². The number of carboxylic acid groups (broad SMARTS) is 1. The van der Waals surface area contributed by atoms with Crippen LogP contribution >= 0.6 is 0 Å². The normalized spacial score (nSPS) is 10.9. The lowest BCUT2D eigenvalue weighted by molar-refractivity contribution is 0.0596. The van der Waals surface area contributed by atoms with Gasteiger partial charge in [0.05, 0.1) is 18.4 Å². The minimum absolute atomic E-state index is 0.0525. The van der Waals surface area contributed by atoms with Crippen LogP contribution in [-0.2, 0) is 4.74 Å². The van der Waals surface area contributed by atoms with Gasteiger partial charge in [-0.05, 0) is 45.0 Å². The van der Waals surface area contributed by atoms with Gasteiger partial charge in [0.2, 0.25) is 11.8 Å². The van der Waals surface area contributed by atoms with Gasteiger partial charge in [-0.1, -0.05) is 0 Å². The quantitative estimate of drug-likeness (QED) is 0.907. The van der Waals surface area contributed by atoms with Crippen LogP contribution in [0, 0.1) is 0 Å². The summed E-state index contributed by atoms with van der Waals surface area (Å²) in [6.45, 7) is 5.22. The second-order valence-electron chi connectivity index (χ2n) is 6.07. The van der Waals surface area contributed by atoms with Crippen LogP contribution in [-0.4, -0.2) is 39.8 Å². The zero-order chi connectivity index (χ0) is 18.6. The topological polar surface area (TPSA) is 102 Å². The fraction of sp³-hybridized carbons (Fsp3) is 0.294. The molecule has 1 heterocycles. The molecular weight excluding hydrogens is 326 g/mol. The number of nitrogens with zero attached hydrogens (tertiary/aromatic N) is 3. The molecule has 25 heavy (non-hydrogen) atoms. The third-order valence-corrected chi connectivity index (χ3v) is 2.97. The first-order chi connectivity index (χ1) is 11.7. The molecule has 0 aliphatic rings. The molecule has 2 aromatic rings. The summed E-state index contributed by atoms with van der Waals surface area (Å²) >= 11 is 0. The van der Waals surface area contributed by atoms with Crippen molar-refractivity contribution < 1.29 is 24.2 Å². The predicted molar refractivity (Wildman–Crippen MR) is 90.4 cm³/mol. The molecule has 0 bridgehead atoms. The molecule has 8 nitrogen and oxygen atoms in total. The Morgan fingerprint density at radius 3 is 2.28 bits per heavy atom. The molecule has 0 aliphatic carbocycles. The smallest absolute Gasteiger partial charge is 0.421 e. The van der Waals surface area contributed by atoms with E-state index in [9.17, 15) is 9.59 Å². The van der Waals surface area contributed by atoms with Gasteiger partial charge in [0.25, 0.3) is 0 Å². The number of ether oxygens (including phenoxy) is 2. The van der Waals surface area contributed by atoms with Gasteiger partial charge in [0.15, 0.2) is 0 Å². The molecule has 0 saturated carbocycles. The standard InChI is InChI=1S/C17H19N3O5/c1-17(2,3)25-16(23)20(15-18-10-9-13(19-15)24-4)12-7-5-11(6-8-12)14(21)22/h5-10H,1-4H3,(H,21,22). The molecule has 0 spiro atoms. The van der Waals surface area contributed by atoms with Crippen LogP contribution in [0.4, 0.5) is 16.4 Å². The molecular formula is C17H19N3O5. The van der Waals surface area contributed by atoms with Crippen molar-refractivity contribution in [2.24, 2.45) is 0 Å². The summed E-state index contributed by atoms with van der Waals surface area (Å²) in [6.07, 6.45) is 0.758. The van der Waals surface area contributed by atoms with Gasteiger partial charge in [0.1, 0.15) is 5.60 Å². The van der Waals surface area contributed by atoms with Crippen molar-refractivity contribution in [2.45, 2.75) is 26.4 Å². The lowest BCUT2D eigenvalue weighted by Gasteiger charge is -2.26. The van der Waals surface area contributed by atoms with Gasteiger partial charge in [-0.25, -0.2) is 19.5 Å². The van der Waals surface area contributed by atoms with Gasteiger partial charge in [-0.2, -0.15) is 4.98 Å². The third kappa shape index (κ3) is 4.66. The van der Waals surface area contributed by atoms with E-state index in [-0.39, 0.29) is 17.4 Å². The number of rotatable bonds is 4. The van der Waals surface area contributed by atoms with E-state index in [0.717, 1.165) is 4.90 Å². The van der Waals surface area contributed by atoms with Crippen LogP contribution in [0.5, 0.6) is 5.88 Å². The second kappa shape index (κ2) is 7.16. The highest BCUT2D eigenvalue weighted by molar-refractivity contribution is 5.95. The van der Waals surface area contributed by atoms with Gasteiger partial charge >= 0.3 is 12.1 Å². The highest BCUT2D eigenvalue weighted by Crippen LogP contribution is 2.26.